The molecule has 0 atom stereocenters. The second-order valence-corrected chi connectivity index (χ2v) is 7.75. The van der Waals surface area contributed by atoms with Gasteiger partial charge in [-0.3, -0.25) is 9.52 Å². The third kappa shape index (κ3) is 4.50. The summed E-state index contributed by atoms with van der Waals surface area (Å²) in [6, 6.07) is 11.5. The number of aromatic nitrogens is 3. The fourth-order valence-corrected chi connectivity index (χ4v) is 3.87. The highest BCUT2D eigenvalue weighted by molar-refractivity contribution is 7.92. The fourth-order valence-electron chi connectivity index (χ4n) is 2.48. The van der Waals surface area contributed by atoms with Gasteiger partial charge in [-0.1, -0.05) is 12.1 Å². The number of rotatable bonds is 6. The molecule has 0 radical (unpaired) electrons. The summed E-state index contributed by atoms with van der Waals surface area (Å²) in [7, 11) is -3.71. The number of hydrogen-bond acceptors (Lipinski definition) is 5. The Bertz CT molecular complexity index is 1050. The van der Waals surface area contributed by atoms with E-state index in [9.17, 15) is 13.2 Å². The van der Waals surface area contributed by atoms with Crippen LogP contribution in [0.2, 0.25) is 0 Å². The number of carbonyl (C=O) groups is 1. The number of aryl methyl sites for hydroxylation is 2. The van der Waals surface area contributed by atoms with Gasteiger partial charge in [-0.25, -0.2) is 8.42 Å². The first-order valence-electron chi connectivity index (χ1n) is 8.18. The van der Waals surface area contributed by atoms with E-state index >= 15 is 0 Å². The molecule has 0 bridgehead atoms. The normalized spacial score (nSPS) is 11.2. The maximum absolute atomic E-state index is 12.6. The first kappa shape index (κ1) is 18.6. The average molecular weight is 385 g/mol. The Balaban J connectivity index is 1.69. The molecule has 27 heavy (non-hydrogen) atoms. The lowest BCUT2D eigenvalue weighted by Crippen LogP contribution is -2.23. The van der Waals surface area contributed by atoms with Gasteiger partial charge in [0.15, 0.2) is 0 Å². The molecule has 0 fully saturated rings. The molecule has 0 saturated carbocycles. The minimum Gasteiger partial charge on any atom is -0.346 e. The van der Waals surface area contributed by atoms with E-state index < -0.39 is 10.0 Å². The summed E-state index contributed by atoms with van der Waals surface area (Å²) in [5.41, 5.74) is 2.93. The number of benzene rings is 2. The molecule has 0 spiro atoms. The Kier molecular flexibility index (Phi) is 5.22. The van der Waals surface area contributed by atoms with Gasteiger partial charge in [0.2, 0.25) is 0 Å². The molecule has 1 heterocycles. The highest BCUT2D eigenvalue weighted by atomic mass is 32.2. The maximum Gasteiger partial charge on any atom is 0.262 e. The molecule has 0 aliphatic carbocycles. The van der Waals surface area contributed by atoms with Crippen LogP contribution in [0.15, 0.2) is 53.6 Å². The molecule has 9 heteroatoms. The SMILES string of the molecule is Cc1ccc(C)c(S(=O)(=O)Nc2ccc(C(=O)NCc3cn[nH]n3)cc2)c1. The monoisotopic (exact) mass is 385 g/mol. The van der Waals surface area contributed by atoms with Gasteiger partial charge in [0, 0.05) is 11.3 Å². The van der Waals surface area contributed by atoms with E-state index in [-0.39, 0.29) is 17.3 Å². The summed E-state index contributed by atoms with van der Waals surface area (Å²) in [5.74, 6) is -0.290. The van der Waals surface area contributed by atoms with Gasteiger partial charge in [0.25, 0.3) is 15.9 Å². The molecule has 0 aliphatic rings. The summed E-state index contributed by atoms with van der Waals surface area (Å²) >= 11 is 0. The average Bonchev–Trinajstić information content (AvgIpc) is 3.15. The lowest BCUT2D eigenvalue weighted by molar-refractivity contribution is 0.0950. The zero-order chi connectivity index (χ0) is 19.4. The number of hydrogen-bond donors (Lipinski definition) is 3. The van der Waals surface area contributed by atoms with Crippen LogP contribution in [-0.4, -0.2) is 29.7 Å². The third-order valence-corrected chi connectivity index (χ3v) is 5.45. The van der Waals surface area contributed by atoms with Gasteiger partial charge in [-0.15, -0.1) is 0 Å². The first-order valence-corrected chi connectivity index (χ1v) is 9.66. The van der Waals surface area contributed by atoms with Crippen molar-refractivity contribution >= 4 is 21.6 Å². The number of aromatic amines is 1. The van der Waals surface area contributed by atoms with Crippen LogP contribution in [0.3, 0.4) is 0 Å². The van der Waals surface area contributed by atoms with Crippen molar-refractivity contribution in [1.82, 2.24) is 20.7 Å². The molecular formula is C18H19N5O3S. The lowest BCUT2D eigenvalue weighted by Gasteiger charge is -2.11. The number of nitrogens with zero attached hydrogens (tertiary/aromatic N) is 2. The molecule has 1 aromatic heterocycles. The Morgan fingerprint density at radius 3 is 2.52 bits per heavy atom. The Morgan fingerprint density at radius 2 is 1.85 bits per heavy atom. The van der Waals surface area contributed by atoms with Crippen LogP contribution in [0, 0.1) is 13.8 Å². The molecule has 8 nitrogen and oxygen atoms in total. The minimum absolute atomic E-state index is 0.233. The number of nitrogens with one attached hydrogen (secondary N) is 3. The molecule has 1 amide bonds. The summed E-state index contributed by atoms with van der Waals surface area (Å²) in [6.07, 6.45) is 1.52. The van der Waals surface area contributed by atoms with E-state index in [1.165, 1.54) is 6.20 Å². The number of carbonyl (C=O) groups excluding carboxylic acids is 1. The van der Waals surface area contributed by atoms with E-state index in [0.29, 0.717) is 22.5 Å². The van der Waals surface area contributed by atoms with Crippen molar-refractivity contribution in [2.45, 2.75) is 25.3 Å². The van der Waals surface area contributed by atoms with Crippen molar-refractivity contribution in [2.75, 3.05) is 4.72 Å². The highest BCUT2D eigenvalue weighted by Gasteiger charge is 2.17. The number of anilines is 1. The Hall–Kier alpha value is -3.20. The van der Waals surface area contributed by atoms with Crippen molar-refractivity contribution in [1.29, 1.82) is 0 Å². The smallest absolute Gasteiger partial charge is 0.262 e. The predicted octanol–water partition coefficient (Wildman–Crippen LogP) is 2.15. The molecule has 0 aliphatic heterocycles. The second kappa shape index (κ2) is 7.58. The van der Waals surface area contributed by atoms with Crippen LogP contribution in [0.4, 0.5) is 5.69 Å². The molecule has 2 aromatic carbocycles. The topological polar surface area (TPSA) is 117 Å². The van der Waals surface area contributed by atoms with E-state index in [0.717, 1.165) is 5.56 Å². The quantitative estimate of drug-likeness (QED) is 0.601. The van der Waals surface area contributed by atoms with Crippen LogP contribution in [0.25, 0.3) is 0 Å². The zero-order valence-electron chi connectivity index (χ0n) is 14.9. The van der Waals surface area contributed by atoms with Crippen molar-refractivity contribution in [2.24, 2.45) is 0 Å². The van der Waals surface area contributed by atoms with Crippen molar-refractivity contribution in [3.63, 3.8) is 0 Å². The largest absolute Gasteiger partial charge is 0.346 e. The minimum atomic E-state index is -3.71. The van der Waals surface area contributed by atoms with Gasteiger partial charge >= 0.3 is 0 Å². The van der Waals surface area contributed by atoms with E-state index in [4.69, 9.17) is 0 Å². The fraction of sp³-hybridized carbons (Fsp3) is 0.167. The van der Waals surface area contributed by atoms with Crippen LogP contribution >= 0.6 is 0 Å². The van der Waals surface area contributed by atoms with Crippen LogP contribution in [0.5, 0.6) is 0 Å². The molecule has 3 aromatic rings. The highest BCUT2D eigenvalue weighted by Crippen LogP contribution is 2.21. The van der Waals surface area contributed by atoms with Gasteiger partial charge in [-0.2, -0.15) is 15.4 Å². The summed E-state index contributed by atoms with van der Waals surface area (Å²) in [6.45, 7) is 3.83. The first-order chi connectivity index (χ1) is 12.8. The summed E-state index contributed by atoms with van der Waals surface area (Å²) in [4.78, 5) is 12.4. The summed E-state index contributed by atoms with van der Waals surface area (Å²) in [5, 5.41) is 12.7. The van der Waals surface area contributed by atoms with E-state index in [2.05, 4.69) is 25.4 Å². The molecule has 0 unspecified atom stereocenters. The van der Waals surface area contributed by atoms with E-state index in [1.807, 2.05) is 13.0 Å². The van der Waals surface area contributed by atoms with E-state index in [1.54, 1.807) is 43.3 Å². The second-order valence-electron chi connectivity index (χ2n) is 6.10. The number of amides is 1. The molecule has 3 N–H and O–H groups in total. The van der Waals surface area contributed by atoms with Crippen molar-refractivity contribution in [3.8, 4) is 0 Å². The molecular weight excluding hydrogens is 366 g/mol. The lowest BCUT2D eigenvalue weighted by atomic mass is 10.2. The number of sulfonamides is 1. The van der Waals surface area contributed by atoms with Crippen LogP contribution < -0.4 is 10.0 Å². The van der Waals surface area contributed by atoms with Crippen molar-refractivity contribution < 1.29 is 13.2 Å². The van der Waals surface area contributed by atoms with Crippen molar-refractivity contribution in [3.05, 3.63) is 71.0 Å². The third-order valence-electron chi connectivity index (χ3n) is 3.93. The molecule has 0 saturated heterocycles. The van der Waals surface area contributed by atoms with Crippen LogP contribution in [0.1, 0.15) is 27.2 Å². The van der Waals surface area contributed by atoms with Gasteiger partial charge < -0.3 is 5.32 Å². The summed E-state index contributed by atoms with van der Waals surface area (Å²) < 4.78 is 27.8. The van der Waals surface area contributed by atoms with Gasteiger partial charge in [0.1, 0.15) is 5.69 Å². The van der Waals surface area contributed by atoms with Crippen LogP contribution in [-0.2, 0) is 16.6 Å². The molecule has 3 rings (SSSR count). The standard InChI is InChI=1S/C18H19N5O3S/c1-12-3-4-13(2)17(9-12)27(25,26)22-15-7-5-14(6-8-15)18(24)19-10-16-11-20-23-21-16/h3-9,11,22H,10H2,1-2H3,(H,19,24)(H,20,21,23). The Labute approximate surface area is 157 Å². The Morgan fingerprint density at radius 1 is 1.11 bits per heavy atom. The van der Waals surface area contributed by atoms with Gasteiger partial charge in [0.05, 0.1) is 17.6 Å². The zero-order valence-corrected chi connectivity index (χ0v) is 15.7. The predicted molar refractivity (Wildman–Crippen MR) is 101 cm³/mol. The maximum atomic E-state index is 12.6. The van der Waals surface area contributed by atoms with Gasteiger partial charge in [-0.05, 0) is 55.3 Å². The number of H-pyrrole nitrogens is 1. The molecule has 140 valence electrons.